The van der Waals surface area contributed by atoms with Crippen LogP contribution in [-0.2, 0) is 0 Å². The molecule has 14 heavy (non-hydrogen) atoms. The molecular weight excluding hydrogens is 172 g/mol. The molecule has 0 aromatic heterocycles. The van der Waals surface area contributed by atoms with Crippen LogP contribution in [0.15, 0.2) is 54.6 Å². The number of benzene rings is 2. The number of hydrogen-bond acceptors (Lipinski definition) is 1. The monoisotopic (exact) mass is 181 g/mol. The zero-order chi connectivity index (χ0) is 9.80. The second-order valence-electron chi connectivity index (χ2n) is 2.98. The Morgan fingerprint density at radius 2 is 1.43 bits per heavy atom. The van der Waals surface area contributed by atoms with Crippen LogP contribution < -0.4 is 0 Å². The Hall–Kier alpha value is -1.89. The first-order valence-electron chi connectivity index (χ1n) is 4.44. The molecule has 0 atom stereocenters. The van der Waals surface area contributed by atoms with Crippen molar-refractivity contribution in [1.82, 2.24) is 0 Å². The zero-order valence-corrected chi connectivity index (χ0v) is 7.60. The van der Waals surface area contributed by atoms with Gasteiger partial charge in [-0.05, 0) is 0 Å². The molecule has 0 aliphatic heterocycles. The van der Waals surface area contributed by atoms with Gasteiger partial charge in [0.1, 0.15) is 0 Å². The molecule has 0 aliphatic carbocycles. The molecule has 1 heteroatoms. The van der Waals surface area contributed by atoms with Gasteiger partial charge < -0.3 is 0 Å². The van der Waals surface area contributed by atoms with Crippen molar-refractivity contribution in [3.8, 4) is 0 Å². The van der Waals surface area contributed by atoms with Crippen LogP contribution in [0.1, 0.15) is 15.9 Å². The van der Waals surface area contributed by atoms with Crippen LogP contribution in [0.3, 0.4) is 0 Å². The Morgan fingerprint density at radius 3 is 2.07 bits per heavy atom. The second-order valence-corrected chi connectivity index (χ2v) is 2.98. The summed E-state index contributed by atoms with van der Waals surface area (Å²) in [5, 5.41) is 0. The van der Waals surface area contributed by atoms with Gasteiger partial charge in [-0.2, -0.15) is 30.3 Å². The minimum absolute atomic E-state index is 0.0552. The van der Waals surface area contributed by atoms with Gasteiger partial charge in [-0.25, -0.2) is 0 Å². The molecule has 0 aliphatic rings. The largest absolute Gasteiger partial charge is 0.291 e. The SMILES string of the molecule is O=C(c1cc[c-]cc1)c1ccccc1. The third kappa shape index (κ3) is 1.72. The smallest absolute Gasteiger partial charge is 0.169 e. The van der Waals surface area contributed by atoms with Crippen LogP contribution >= 0.6 is 0 Å². The highest BCUT2D eigenvalue weighted by atomic mass is 16.1. The van der Waals surface area contributed by atoms with Crippen LogP contribution in [0.2, 0.25) is 0 Å². The Bertz CT molecular complexity index is 376. The van der Waals surface area contributed by atoms with E-state index in [1.165, 1.54) is 0 Å². The van der Waals surface area contributed by atoms with Gasteiger partial charge in [0.2, 0.25) is 0 Å². The third-order valence-corrected chi connectivity index (χ3v) is 2.02. The van der Waals surface area contributed by atoms with Crippen LogP contribution in [0, 0.1) is 6.07 Å². The zero-order valence-electron chi connectivity index (χ0n) is 7.60. The van der Waals surface area contributed by atoms with Crippen molar-refractivity contribution in [2.24, 2.45) is 0 Å². The highest BCUT2D eigenvalue weighted by molar-refractivity contribution is 6.08. The average Bonchev–Trinajstić information content (AvgIpc) is 2.30. The molecule has 0 spiro atoms. The molecule has 0 heterocycles. The topological polar surface area (TPSA) is 17.1 Å². The maximum atomic E-state index is 11.8. The van der Waals surface area contributed by atoms with Crippen LogP contribution in [0.5, 0.6) is 0 Å². The molecule has 0 amide bonds. The van der Waals surface area contributed by atoms with Crippen molar-refractivity contribution in [2.75, 3.05) is 0 Å². The maximum Gasteiger partial charge on any atom is 0.169 e. The van der Waals surface area contributed by atoms with E-state index in [1.54, 1.807) is 24.3 Å². The molecule has 2 rings (SSSR count). The number of rotatable bonds is 2. The lowest BCUT2D eigenvalue weighted by Gasteiger charge is -2.04. The van der Waals surface area contributed by atoms with E-state index in [9.17, 15) is 4.79 Å². The van der Waals surface area contributed by atoms with E-state index in [1.807, 2.05) is 30.3 Å². The lowest BCUT2D eigenvalue weighted by Crippen LogP contribution is -1.99. The average molecular weight is 181 g/mol. The van der Waals surface area contributed by atoms with Crippen molar-refractivity contribution >= 4 is 5.78 Å². The maximum absolute atomic E-state index is 11.8. The Kier molecular flexibility index (Phi) is 2.41. The molecule has 0 unspecified atom stereocenters. The van der Waals surface area contributed by atoms with Gasteiger partial charge >= 0.3 is 0 Å². The lowest BCUT2D eigenvalue weighted by atomic mass is 10.0. The summed E-state index contributed by atoms with van der Waals surface area (Å²) >= 11 is 0. The predicted molar refractivity (Wildman–Crippen MR) is 55.2 cm³/mol. The molecule has 2 aromatic carbocycles. The molecule has 2 aromatic rings. The summed E-state index contributed by atoms with van der Waals surface area (Å²) in [4.78, 5) is 11.8. The molecule has 1 nitrogen and oxygen atoms in total. The van der Waals surface area contributed by atoms with Crippen molar-refractivity contribution in [2.45, 2.75) is 0 Å². The van der Waals surface area contributed by atoms with Gasteiger partial charge in [-0.1, -0.05) is 35.9 Å². The summed E-state index contributed by atoms with van der Waals surface area (Å²) in [7, 11) is 0. The highest BCUT2D eigenvalue weighted by Gasteiger charge is 2.01. The molecule has 0 bridgehead atoms. The summed E-state index contributed by atoms with van der Waals surface area (Å²) in [6, 6.07) is 19.2. The predicted octanol–water partition coefficient (Wildman–Crippen LogP) is 2.72. The van der Waals surface area contributed by atoms with Gasteiger partial charge in [-0.15, -0.1) is 0 Å². The summed E-state index contributed by atoms with van der Waals surface area (Å²) < 4.78 is 0. The molecule has 0 fully saturated rings. The first-order valence-corrected chi connectivity index (χ1v) is 4.44. The standard InChI is InChI=1S/C13H9O/c14-13(11-7-3-1-4-8-11)12-9-5-2-6-10-12/h1,3-10H/q-1. The van der Waals surface area contributed by atoms with E-state index < -0.39 is 0 Å². The minimum atomic E-state index is 0.0552. The van der Waals surface area contributed by atoms with Crippen LogP contribution in [0.4, 0.5) is 0 Å². The molecule has 0 saturated heterocycles. The molecule has 0 radical (unpaired) electrons. The third-order valence-electron chi connectivity index (χ3n) is 2.02. The fourth-order valence-corrected chi connectivity index (χ4v) is 1.29. The van der Waals surface area contributed by atoms with E-state index in [-0.39, 0.29) is 5.78 Å². The number of carbonyl (C=O) groups is 1. The summed E-state index contributed by atoms with van der Waals surface area (Å²) in [6.45, 7) is 0. The highest BCUT2D eigenvalue weighted by Crippen LogP contribution is 2.08. The summed E-state index contributed by atoms with van der Waals surface area (Å²) in [5.74, 6) is 0.0552. The molecular formula is C13H9O-. The van der Waals surface area contributed by atoms with Gasteiger partial charge in [0, 0.05) is 5.56 Å². The van der Waals surface area contributed by atoms with Crippen molar-refractivity contribution in [3.63, 3.8) is 0 Å². The van der Waals surface area contributed by atoms with E-state index in [4.69, 9.17) is 0 Å². The summed E-state index contributed by atoms with van der Waals surface area (Å²) in [5.41, 5.74) is 1.42. The van der Waals surface area contributed by atoms with Gasteiger partial charge in [0.05, 0.1) is 0 Å². The minimum Gasteiger partial charge on any atom is -0.291 e. The summed E-state index contributed by atoms with van der Waals surface area (Å²) in [6.07, 6.45) is 0. The van der Waals surface area contributed by atoms with E-state index >= 15 is 0 Å². The molecule has 0 N–H and O–H groups in total. The van der Waals surface area contributed by atoms with Crippen molar-refractivity contribution < 1.29 is 4.79 Å². The fourth-order valence-electron chi connectivity index (χ4n) is 1.29. The van der Waals surface area contributed by atoms with Gasteiger partial charge in [-0.3, -0.25) is 4.79 Å². The van der Waals surface area contributed by atoms with Crippen LogP contribution in [-0.4, -0.2) is 5.78 Å². The number of hydrogen-bond donors (Lipinski definition) is 0. The Balaban J connectivity index is 2.35. The van der Waals surface area contributed by atoms with Gasteiger partial charge in [0.25, 0.3) is 0 Å². The van der Waals surface area contributed by atoms with Crippen molar-refractivity contribution in [3.05, 3.63) is 71.8 Å². The van der Waals surface area contributed by atoms with E-state index in [2.05, 4.69) is 6.07 Å². The Morgan fingerprint density at radius 1 is 0.857 bits per heavy atom. The van der Waals surface area contributed by atoms with E-state index in [0.717, 1.165) is 5.56 Å². The quantitative estimate of drug-likeness (QED) is 0.514. The lowest BCUT2D eigenvalue weighted by molar-refractivity contribution is 0.103. The van der Waals surface area contributed by atoms with Crippen molar-refractivity contribution in [1.29, 1.82) is 0 Å². The van der Waals surface area contributed by atoms with Gasteiger partial charge in [0.15, 0.2) is 5.78 Å². The molecule has 68 valence electrons. The van der Waals surface area contributed by atoms with Crippen LogP contribution in [0.25, 0.3) is 0 Å². The normalized spacial score (nSPS) is 9.71. The second kappa shape index (κ2) is 3.88. The first kappa shape index (κ1) is 8.70. The first-order chi connectivity index (χ1) is 6.88. The Labute approximate surface area is 83.0 Å². The van der Waals surface area contributed by atoms with E-state index in [0.29, 0.717) is 5.56 Å². The fraction of sp³-hybridized carbons (Fsp3) is 0. The number of carbonyl (C=O) groups excluding carboxylic acids is 1. The molecule has 0 saturated carbocycles. The number of ketones is 1.